The molecule has 0 spiro atoms. The highest BCUT2D eigenvalue weighted by atomic mass is 32.2. The van der Waals surface area contributed by atoms with Crippen LogP contribution >= 0.6 is 0 Å². The molecule has 7 heteroatoms. The molecule has 0 aromatic heterocycles. The summed E-state index contributed by atoms with van der Waals surface area (Å²) in [4.78, 5) is 12.5. The second-order valence-electron chi connectivity index (χ2n) is 7.10. The highest BCUT2D eigenvalue weighted by Gasteiger charge is 2.24. The summed E-state index contributed by atoms with van der Waals surface area (Å²) >= 11 is 0. The third kappa shape index (κ3) is 5.79. The van der Waals surface area contributed by atoms with Crippen molar-refractivity contribution in [2.24, 2.45) is 0 Å². The lowest BCUT2D eigenvalue weighted by Crippen LogP contribution is -2.30. The standard InChI is InChI=1S/C24H26N2O4S/c1-18-13-14-21(17-22(18)24(27)25-15-16-30-2)31(28,29)26-23(19-9-5-3-6-10-19)20-11-7-4-8-12-20/h3-14,17,23,26H,15-16H2,1-2H3,(H,25,27). The number of sulfonamides is 1. The molecule has 3 rings (SSSR count). The van der Waals surface area contributed by atoms with Gasteiger partial charge in [0, 0.05) is 19.2 Å². The van der Waals surface area contributed by atoms with Crippen LogP contribution in [0.2, 0.25) is 0 Å². The zero-order valence-corrected chi connectivity index (χ0v) is 18.4. The Morgan fingerprint density at radius 1 is 0.935 bits per heavy atom. The number of methoxy groups -OCH3 is 1. The van der Waals surface area contributed by atoms with Gasteiger partial charge in [0.05, 0.1) is 17.5 Å². The number of rotatable bonds is 9. The zero-order valence-electron chi connectivity index (χ0n) is 17.5. The summed E-state index contributed by atoms with van der Waals surface area (Å²) < 4.78 is 34.3. The fraction of sp³-hybridized carbons (Fsp3) is 0.208. The van der Waals surface area contributed by atoms with Gasteiger partial charge in [0.1, 0.15) is 0 Å². The maximum atomic E-state index is 13.3. The number of amides is 1. The summed E-state index contributed by atoms with van der Waals surface area (Å²) in [5.41, 5.74) is 2.65. The molecule has 0 aliphatic carbocycles. The Kier molecular flexibility index (Phi) is 7.57. The molecule has 0 fully saturated rings. The Bertz CT molecular complexity index is 1080. The highest BCUT2D eigenvalue weighted by molar-refractivity contribution is 7.89. The highest BCUT2D eigenvalue weighted by Crippen LogP contribution is 2.25. The lowest BCUT2D eigenvalue weighted by atomic mass is 10.00. The monoisotopic (exact) mass is 438 g/mol. The van der Waals surface area contributed by atoms with Gasteiger partial charge in [-0.05, 0) is 35.7 Å². The minimum Gasteiger partial charge on any atom is -0.383 e. The topological polar surface area (TPSA) is 84.5 Å². The molecule has 0 saturated heterocycles. The van der Waals surface area contributed by atoms with Gasteiger partial charge < -0.3 is 10.1 Å². The molecule has 3 aromatic rings. The second-order valence-corrected chi connectivity index (χ2v) is 8.82. The van der Waals surface area contributed by atoms with Gasteiger partial charge in [-0.3, -0.25) is 4.79 Å². The first-order valence-electron chi connectivity index (χ1n) is 9.92. The van der Waals surface area contributed by atoms with E-state index in [-0.39, 0.29) is 10.8 Å². The van der Waals surface area contributed by atoms with E-state index in [1.807, 2.05) is 60.7 Å². The third-order valence-corrected chi connectivity index (χ3v) is 6.32. The van der Waals surface area contributed by atoms with Crippen molar-refractivity contribution in [1.82, 2.24) is 10.0 Å². The Morgan fingerprint density at radius 3 is 2.06 bits per heavy atom. The number of hydrogen-bond acceptors (Lipinski definition) is 4. The lowest BCUT2D eigenvalue weighted by Gasteiger charge is -2.20. The summed E-state index contributed by atoms with van der Waals surface area (Å²) in [6.45, 7) is 2.49. The molecule has 162 valence electrons. The molecule has 0 aliphatic heterocycles. The minimum atomic E-state index is -3.91. The van der Waals surface area contributed by atoms with Crippen LogP contribution in [0.25, 0.3) is 0 Å². The normalized spacial score (nSPS) is 11.5. The van der Waals surface area contributed by atoms with Crippen LogP contribution in [0.5, 0.6) is 0 Å². The molecule has 0 aliphatic rings. The molecule has 0 radical (unpaired) electrons. The van der Waals surface area contributed by atoms with Crippen molar-refractivity contribution < 1.29 is 17.9 Å². The SMILES string of the molecule is COCCNC(=O)c1cc(S(=O)(=O)NC(c2ccccc2)c2ccccc2)ccc1C. The van der Waals surface area contributed by atoms with Crippen LogP contribution < -0.4 is 10.0 Å². The molecule has 31 heavy (non-hydrogen) atoms. The quantitative estimate of drug-likeness (QED) is 0.501. The molecule has 0 saturated carbocycles. The molecule has 6 nitrogen and oxygen atoms in total. The Balaban J connectivity index is 1.93. The van der Waals surface area contributed by atoms with Crippen LogP contribution in [-0.2, 0) is 14.8 Å². The van der Waals surface area contributed by atoms with Crippen molar-refractivity contribution in [3.8, 4) is 0 Å². The molecular weight excluding hydrogens is 412 g/mol. The van der Waals surface area contributed by atoms with Gasteiger partial charge in [-0.25, -0.2) is 8.42 Å². The number of aryl methyl sites for hydroxylation is 1. The van der Waals surface area contributed by atoms with Gasteiger partial charge in [-0.2, -0.15) is 4.72 Å². The number of carbonyl (C=O) groups excluding carboxylic acids is 1. The largest absolute Gasteiger partial charge is 0.383 e. The van der Waals surface area contributed by atoms with E-state index < -0.39 is 16.1 Å². The van der Waals surface area contributed by atoms with Crippen molar-refractivity contribution in [1.29, 1.82) is 0 Å². The number of nitrogens with one attached hydrogen (secondary N) is 2. The van der Waals surface area contributed by atoms with E-state index in [0.29, 0.717) is 24.3 Å². The number of carbonyl (C=O) groups is 1. The van der Waals surface area contributed by atoms with E-state index in [1.165, 1.54) is 12.1 Å². The van der Waals surface area contributed by atoms with E-state index in [0.717, 1.165) is 11.1 Å². The first kappa shape index (κ1) is 22.7. The maximum absolute atomic E-state index is 13.3. The molecule has 0 atom stereocenters. The van der Waals surface area contributed by atoms with Gasteiger partial charge >= 0.3 is 0 Å². The zero-order chi connectivity index (χ0) is 22.3. The van der Waals surface area contributed by atoms with Gasteiger partial charge in [-0.15, -0.1) is 0 Å². The summed E-state index contributed by atoms with van der Waals surface area (Å²) in [6, 6.07) is 22.8. The van der Waals surface area contributed by atoms with Gasteiger partial charge in [0.25, 0.3) is 5.91 Å². The smallest absolute Gasteiger partial charge is 0.251 e. The van der Waals surface area contributed by atoms with Crippen LogP contribution in [0, 0.1) is 6.92 Å². The summed E-state index contributed by atoms with van der Waals surface area (Å²) in [5, 5.41) is 2.73. The molecule has 1 amide bonds. The summed E-state index contributed by atoms with van der Waals surface area (Å²) in [5.74, 6) is -0.339. The van der Waals surface area contributed by atoms with Crippen molar-refractivity contribution in [2.75, 3.05) is 20.3 Å². The fourth-order valence-electron chi connectivity index (χ4n) is 3.22. The predicted molar refractivity (Wildman–Crippen MR) is 120 cm³/mol. The lowest BCUT2D eigenvalue weighted by molar-refractivity contribution is 0.0936. The van der Waals surface area contributed by atoms with Crippen LogP contribution in [0.15, 0.2) is 83.8 Å². The van der Waals surface area contributed by atoms with Crippen LogP contribution in [0.1, 0.15) is 33.1 Å². The average Bonchev–Trinajstić information content (AvgIpc) is 2.79. The minimum absolute atomic E-state index is 0.0341. The van der Waals surface area contributed by atoms with Crippen molar-refractivity contribution in [3.63, 3.8) is 0 Å². The molecule has 2 N–H and O–H groups in total. The van der Waals surface area contributed by atoms with Crippen LogP contribution in [0.3, 0.4) is 0 Å². The summed E-state index contributed by atoms with van der Waals surface area (Å²) in [7, 11) is -2.36. The van der Waals surface area contributed by atoms with Crippen molar-refractivity contribution in [3.05, 3.63) is 101 Å². The number of ether oxygens (including phenoxy) is 1. The molecule has 0 heterocycles. The molecule has 0 unspecified atom stereocenters. The Labute approximate surface area is 183 Å². The first-order chi connectivity index (χ1) is 14.9. The number of hydrogen-bond donors (Lipinski definition) is 2. The van der Waals surface area contributed by atoms with E-state index >= 15 is 0 Å². The van der Waals surface area contributed by atoms with Crippen molar-refractivity contribution in [2.45, 2.75) is 17.9 Å². The molecule has 3 aromatic carbocycles. The third-order valence-electron chi connectivity index (χ3n) is 4.89. The maximum Gasteiger partial charge on any atom is 0.251 e. The average molecular weight is 439 g/mol. The number of benzene rings is 3. The van der Waals surface area contributed by atoms with E-state index in [2.05, 4.69) is 10.0 Å². The van der Waals surface area contributed by atoms with Crippen LogP contribution in [0.4, 0.5) is 0 Å². The molecular formula is C24H26N2O4S. The first-order valence-corrected chi connectivity index (χ1v) is 11.4. The Hall–Kier alpha value is -3.00. The van der Waals surface area contributed by atoms with Crippen molar-refractivity contribution >= 4 is 15.9 Å². The van der Waals surface area contributed by atoms with Crippen LogP contribution in [-0.4, -0.2) is 34.6 Å². The molecule has 0 bridgehead atoms. The van der Waals surface area contributed by atoms with Gasteiger partial charge in [0.2, 0.25) is 10.0 Å². The van der Waals surface area contributed by atoms with E-state index in [1.54, 1.807) is 20.1 Å². The Morgan fingerprint density at radius 2 is 1.52 bits per heavy atom. The predicted octanol–water partition coefficient (Wildman–Crippen LogP) is 3.44. The van der Waals surface area contributed by atoms with E-state index in [4.69, 9.17) is 4.74 Å². The van der Waals surface area contributed by atoms with E-state index in [9.17, 15) is 13.2 Å². The fourth-order valence-corrected chi connectivity index (χ4v) is 4.46. The summed E-state index contributed by atoms with van der Waals surface area (Å²) in [6.07, 6.45) is 0. The van der Waals surface area contributed by atoms with Gasteiger partial charge in [-0.1, -0.05) is 66.7 Å². The van der Waals surface area contributed by atoms with Gasteiger partial charge in [0.15, 0.2) is 0 Å². The second kappa shape index (κ2) is 10.3.